The van der Waals surface area contributed by atoms with Crippen LogP contribution < -0.4 is 9.47 Å². The van der Waals surface area contributed by atoms with E-state index in [0.717, 1.165) is 26.6 Å². The monoisotopic (exact) mass is 370 g/mol. The third-order valence-electron chi connectivity index (χ3n) is 4.69. The maximum absolute atomic E-state index is 12.8. The fourth-order valence-electron chi connectivity index (χ4n) is 3.38. The van der Waals surface area contributed by atoms with E-state index in [0.29, 0.717) is 5.75 Å². The molecule has 1 aliphatic rings. The molecule has 3 heterocycles. The molecule has 3 aromatic rings. The van der Waals surface area contributed by atoms with Gasteiger partial charge in [0.15, 0.2) is 0 Å². The van der Waals surface area contributed by atoms with Crippen molar-refractivity contribution in [2.24, 2.45) is 5.41 Å². The van der Waals surface area contributed by atoms with Gasteiger partial charge in [0.05, 0.1) is 12.5 Å². The van der Waals surface area contributed by atoms with Crippen molar-refractivity contribution in [2.75, 3.05) is 7.11 Å². The van der Waals surface area contributed by atoms with Gasteiger partial charge in [-0.15, -0.1) is 22.7 Å². The number of methoxy groups -OCH3 is 1. The van der Waals surface area contributed by atoms with Crippen LogP contribution in [-0.4, -0.2) is 13.1 Å². The molecule has 0 amide bonds. The maximum atomic E-state index is 12.8. The standard InChI is InChI=1S/C20H18O3S2/c1-20(2)17(16-7-5-9-25-16)14-11-12(22-3)10-13(15-6-4-8-24-15)18(14)23-19(20)21/h4-11,17H,1-3H3. The molecule has 0 saturated carbocycles. The highest BCUT2D eigenvalue weighted by Crippen LogP contribution is 2.54. The van der Waals surface area contributed by atoms with Crippen molar-refractivity contribution < 1.29 is 14.3 Å². The molecule has 5 heteroatoms. The van der Waals surface area contributed by atoms with Crippen LogP contribution in [0, 0.1) is 5.41 Å². The zero-order valence-corrected chi connectivity index (χ0v) is 15.9. The van der Waals surface area contributed by atoms with E-state index in [9.17, 15) is 4.79 Å². The van der Waals surface area contributed by atoms with Gasteiger partial charge in [0.2, 0.25) is 0 Å². The molecule has 1 unspecified atom stereocenters. The summed E-state index contributed by atoms with van der Waals surface area (Å²) in [4.78, 5) is 15.0. The van der Waals surface area contributed by atoms with E-state index in [1.165, 1.54) is 0 Å². The summed E-state index contributed by atoms with van der Waals surface area (Å²) in [6, 6.07) is 12.1. The Hall–Kier alpha value is -2.11. The van der Waals surface area contributed by atoms with Crippen LogP contribution in [0.25, 0.3) is 10.4 Å². The van der Waals surface area contributed by atoms with Crippen molar-refractivity contribution in [3.63, 3.8) is 0 Å². The normalized spacial score (nSPS) is 18.5. The van der Waals surface area contributed by atoms with Crippen molar-refractivity contribution in [1.82, 2.24) is 0 Å². The third-order valence-corrected chi connectivity index (χ3v) is 6.54. The van der Waals surface area contributed by atoms with Crippen LogP contribution in [0.5, 0.6) is 11.5 Å². The summed E-state index contributed by atoms with van der Waals surface area (Å²) < 4.78 is 11.4. The first-order valence-electron chi connectivity index (χ1n) is 8.04. The summed E-state index contributed by atoms with van der Waals surface area (Å²) in [5, 5.41) is 4.07. The Labute approximate surface area is 154 Å². The molecule has 0 fully saturated rings. The molecule has 25 heavy (non-hydrogen) atoms. The first kappa shape index (κ1) is 16.4. The summed E-state index contributed by atoms with van der Waals surface area (Å²) >= 11 is 3.29. The summed E-state index contributed by atoms with van der Waals surface area (Å²) in [6.07, 6.45) is 0. The lowest BCUT2D eigenvalue weighted by molar-refractivity contribution is -0.146. The number of esters is 1. The highest BCUT2D eigenvalue weighted by Gasteiger charge is 2.47. The molecule has 3 nitrogen and oxygen atoms in total. The molecule has 0 saturated heterocycles. The molecular weight excluding hydrogens is 352 g/mol. The lowest BCUT2D eigenvalue weighted by Crippen LogP contribution is -2.39. The van der Waals surface area contributed by atoms with Crippen LogP contribution >= 0.6 is 22.7 Å². The SMILES string of the molecule is COc1cc(-c2cccs2)c2c(c1)C(c1cccs1)C(C)(C)C(=O)O2. The average molecular weight is 370 g/mol. The van der Waals surface area contributed by atoms with Gasteiger partial charge in [-0.25, -0.2) is 0 Å². The number of ether oxygens (including phenoxy) is 2. The minimum absolute atomic E-state index is 0.0578. The number of carbonyl (C=O) groups excluding carboxylic acids is 1. The van der Waals surface area contributed by atoms with Gasteiger partial charge in [-0.05, 0) is 48.9 Å². The van der Waals surface area contributed by atoms with E-state index in [1.54, 1.807) is 29.8 Å². The molecule has 1 atom stereocenters. The van der Waals surface area contributed by atoms with Crippen molar-refractivity contribution in [3.05, 3.63) is 57.6 Å². The summed E-state index contributed by atoms with van der Waals surface area (Å²) in [5.41, 5.74) is 1.28. The van der Waals surface area contributed by atoms with Crippen molar-refractivity contribution in [2.45, 2.75) is 19.8 Å². The molecule has 0 spiro atoms. The van der Waals surface area contributed by atoms with Crippen LogP contribution in [0.3, 0.4) is 0 Å². The van der Waals surface area contributed by atoms with Crippen LogP contribution in [0.4, 0.5) is 0 Å². The van der Waals surface area contributed by atoms with Crippen LogP contribution in [0.15, 0.2) is 47.2 Å². The van der Waals surface area contributed by atoms with Gasteiger partial charge in [0.25, 0.3) is 0 Å². The Morgan fingerprint density at radius 3 is 2.52 bits per heavy atom. The van der Waals surface area contributed by atoms with E-state index < -0.39 is 5.41 Å². The molecular formula is C20H18O3S2. The molecule has 4 rings (SSSR count). The first-order chi connectivity index (χ1) is 12.0. The molecule has 0 bridgehead atoms. The van der Waals surface area contributed by atoms with Gasteiger partial charge in [-0.1, -0.05) is 12.1 Å². The number of hydrogen-bond acceptors (Lipinski definition) is 5. The van der Waals surface area contributed by atoms with Crippen molar-refractivity contribution >= 4 is 28.6 Å². The molecule has 0 radical (unpaired) electrons. The molecule has 1 aromatic carbocycles. The predicted octanol–water partition coefficient (Wildman–Crippen LogP) is 5.56. The predicted molar refractivity (Wildman–Crippen MR) is 102 cm³/mol. The Bertz CT molecular complexity index is 909. The van der Waals surface area contributed by atoms with Gasteiger partial charge in [0, 0.05) is 26.8 Å². The van der Waals surface area contributed by atoms with Gasteiger partial charge in [-0.2, -0.15) is 0 Å². The van der Waals surface area contributed by atoms with Gasteiger partial charge in [0.1, 0.15) is 11.5 Å². The van der Waals surface area contributed by atoms with Crippen LogP contribution in [0.1, 0.15) is 30.2 Å². The Morgan fingerprint density at radius 2 is 1.88 bits per heavy atom. The third kappa shape index (κ3) is 2.58. The highest BCUT2D eigenvalue weighted by atomic mass is 32.1. The largest absolute Gasteiger partial charge is 0.497 e. The van der Waals surface area contributed by atoms with Crippen LogP contribution in [-0.2, 0) is 4.79 Å². The molecule has 128 valence electrons. The maximum Gasteiger partial charge on any atom is 0.317 e. The Kier molecular flexibility index (Phi) is 3.93. The molecule has 0 N–H and O–H groups in total. The second-order valence-electron chi connectivity index (χ2n) is 6.63. The number of hydrogen-bond donors (Lipinski definition) is 0. The number of thiophene rings is 2. The topological polar surface area (TPSA) is 35.5 Å². The summed E-state index contributed by atoms with van der Waals surface area (Å²) in [6.45, 7) is 3.90. The fourth-order valence-corrected chi connectivity index (χ4v) is 5.15. The van der Waals surface area contributed by atoms with Gasteiger partial charge >= 0.3 is 5.97 Å². The van der Waals surface area contributed by atoms with E-state index in [2.05, 4.69) is 6.07 Å². The Morgan fingerprint density at radius 1 is 1.12 bits per heavy atom. The van der Waals surface area contributed by atoms with Gasteiger partial charge < -0.3 is 9.47 Å². The van der Waals surface area contributed by atoms with E-state index in [1.807, 2.05) is 54.9 Å². The lowest BCUT2D eigenvalue weighted by Gasteiger charge is -2.38. The van der Waals surface area contributed by atoms with Crippen molar-refractivity contribution in [3.8, 4) is 21.9 Å². The van der Waals surface area contributed by atoms with Crippen LogP contribution in [0.2, 0.25) is 0 Å². The fraction of sp³-hybridized carbons (Fsp3) is 0.250. The number of benzene rings is 1. The highest BCUT2D eigenvalue weighted by molar-refractivity contribution is 7.13. The number of rotatable bonds is 3. The van der Waals surface area contributed by atoms with E-state index >= 15 is 0 Å². The average Bonchev–Trinajstić information content (AvgIpc) is 3.28. The van der Waals surface area contributed by atoms with E-state index in [-0.39, 0.29) is 11.9 Å². The second-order valence-corrected chi connectivity index (χ2v) is 8.56. The first-order valence-corrected chi connectivity index (χ1v) is 9.80. The number of fused-ring (bicyclic) bond motifs is 1. The quantitative estimate of drug-likeness (QED) is 0.447. The zero-order valence-electron chi connectivity index (χ0n) is 14.2. The van der Waals surface area contributed by atoms with Crippen molar-refractivity contribution in [1.29, 1.82) is 0 Å². The zero-order chi connectivity index (χ0) is 17.6. The van der Waals surface area contributed by atoms with E-state index in [4.69, 9.17) is 9.47 Å². The Balaban J connectivity index is 2.01. The summed E-state index contributed by atoms with van der Waals surface area (Å²) in [7, 11) is 1.67. The number of carbonyl (C=O) groups is 1. The molecule has 0 aliphatic carbocycles. The minimum Gasteiger partial charge on any atom is -0.497 e. The smallest absolute Gasteiger partial charge is 0.317 e. The molecule has 1 aliphatic heterocycles. The van der Waals surface area contributed by atoms with Gasteiger partial charge in [-0.3, -0.25) is 4.79 Å². The second kappa shape index (κ2) is 6.00. The summed E-state index contributed by atoms with van der Waals surface area (Å²) in [5.74, 6) is 1.18. The lowest BCUT2D eigenvalue weighted by atomic mass is 9.71. The molecule has 2 aromatic heterocycles. The minimum atomic E-state index is -0.642.